The lowest BCUT2D eigenvalue weighted by Gasteiger charge is -2.15. The predicted octanol–water partition coefficient (Wildman–Crippen LogP) is 3.64. The largest absolute Gasteiger partial charge is 0.361 e. The number of benzene rings is 2. The molecule has 0 fully saturated rings. The summed E-state index contributed by atoms with van der Waals surface area (Å²) in [5.41, 5.74) is 2.55. The summed E-state index contributed by atoms with van der Waals surface area (Å²) in [6, 6.07) is 19.4. The zero-order chi connectivity index (χ0) is 19.3. The van der Waals surface area contributed by atoms with Crippen LogP contribution < -0.4 is 5.56 Å². The molecule has 6 heteroatoms. The van der Waals surface area contributed by atoms with Crippen LogP contribution in [0.3, 0.4) is 0 Å². The van der Waals surface area contributed by atoms with E-state index in [4.69, 9.17) is 4.52 Å². The number of nitrogens with zero attached hydrogens (tertiary/aromatic N) is 3. The molecule has 2 aromatic carbocycles. The average molecular weight is 374 g/mol. The SMILES string of the molecule is CN(CCCc1cc(-c2ccccc2)no1)Cc1nc2ccccc2c(=O)[nH]1. The summed E-state index contributed by atoms with van der Waals surface area (Å²) >= 11 is 0. The third kappa shape index (κ3) is 4.18. The monoisotopic (exact) mass is 374 g/mol. The Morgan fingerprint density at radius 2 is 1.86 bits per heavy atom. The second-order valence-electron chi connectivity index (χ2n) is 6.92. The first kappa shape index (κ1) is 18.1. The van der Waals surface area contributed by atoms with Gasteiger partial charge in [-0.15, -0.1) is 0 Å². The van der Waals surface area contributed by atoms with Crippen LogP contribution in [-0.4, -0.2) is 33.6 Å². The minimum Gasteiger partial charge on any atom is -0.361 e. The van der Waals surface area contributed by atoms with Gasteiger partial charge in [-0.25, -0.2) is 4.98 Å². The third-order valence-electron chi connectivity index (χ3n) is 4.67. The van der Waals surface area contributed by atoms with E-state index < -0.39 is 0 Å². The smallest absolute Gasteiger partial charge is 0.258 e. The van der Waals surface area contributed by atoms with Crippen molar-refractivity contribution in [1.82, 2.24) is 20.0 Å². The molecule has 0 aliphatic carbocycles. The van der Waals surface area contributed by atoms with E-state index in [-0.39, 0.29) is 5.56 Å². The van der Waals surface area contributed by atoms with Gasteiger partial charge >= 0.3 is 0 Å². The van der Waals surface area contributed by atoms with E-state index in [1.54, 1.807) is 6.07 Å². The van der Waals surface area contributed by atoms with Gasteiger partial charge in [-0.3, -0.25) is 9.69 Å². The highest BCUT2D eigenvalue weighted by atomic mass is 16.5. The number of rotatable bonds is 7. The summed E-state index contributed by atoms with van der Waals surface area (Å²) in [5, 5.41) is 4.77. The molecule has 1 N–H and O–H groups in total. The average Bonchev–Trinajstić information content (AvgIpc) is 3.18. The van der Waals surface area contributed by atoms with Crippen LogP contribution in [0.5, 0.6) is 0 Å². The molecule has 4 rings (SSSR count). The Kier molecular flexibility index (Phi) is 5.30. The minimum atomic E-state index is -0.0934. The Hall–Kier alpha value is -3.25. The molecule has 0 spiro atoms. The van der Waals surface area contributed by atoms with E-state index in [0.717, 1.165) is 41.9 Å². The number of hydrogen-bond acceptors (Lipinski definition) is 5. The maximum absolute atomic E-state index is 12.2. The van der Waals surface area contributed by atoms with E-state index in [1.165, 1.54) is 0 Å². The van der Waals surface area contributed by atoms with Crippen LogP contribution in [0.25, 0.3) is 22.2 Å². The van der Waals surface area contributed by atoms with E-state index in [1.807, 2.05) is 61.6 Å². The summed E-state index contributed by atoms with van der Waals surface area (Å²) in [6.45, 7) is 1.45. The minimum absolute atomic E-state index is 0.0934. The normalized spacial score (nSPS) is 11.4. The molecule has 0 saturated carbocycles. The number of hydrogen-bond donors (Lipinski definition) is 1. The zero-order valence-corrected chi connectivity index (χ0v) is 15.8. The standard InChI is InChI=1S/C22H22N4O2/c1-26(15-21-23-19-12-6-5-11-18(19)22(27)24-21)13-7-10-17-14-20(25-28-17)16-8-3-2-4-9-16/h2-6,8-9,11-12,14H,7,10,13,15H2,1H3,(H,23,24,27). The van der Waals surface area contributed by atoms with Gasteiger partial charge in [0, 0.05) is 18.1 Å². The van der Waals surface area contributed by atoms with Crippen LogP contribution in [0.4, 0.5) is 0 Å². The molecule has 4 aromatic rings. The molecule has 0 atom stereocenters. The Bertz CT molecular complexity index is 1120. The highest BCUT2D eigenvalue weighted by Crippen LogP contribution is 2.19. The summed E-state index contributed by atoms with van der Waals surface area (Å²) in [6.07, 6.45) is 1.74. The van der Waals surface area contributed by atoms with Gasteiger partial charge in [0.1, 0.15) is 17.3 Å². The highest BCUT2D eigenvalue weighted by molar-refractivity contribution is 5.77. The van der Waals surface area contributed by atoms with Crippen molar-refractivity contribution in [1.29, 1.82) is 0 Å². The van der Waals surface area contributed by atoms with Gasteiger partial charge < -0.3 is 9.51 Å². The molecule has 0 unspecified atom stereocenters. The van der Waals surface area contributed by atoms with Crippen molar-refractivity contribution in [2.75, 3.05) is 13.6 Å². The number of para-hydroxylation sites is 1. The van der Waals surface area contributed by atoms with E-state index in [2.05, 4.69) is 20.0 Å². The predicted molar refractivity (Wildman–Crippen MR) is 109 cm³/mol. The molecule has 0 saturated heterocycles. The van der Waals surface area contributed by atoms with Crippen molar-refractivity contribution in [2.45, 2.75) is 19.4 Å². The lowest BCUT2D eigenvalue weighted by atomic mass is 10.1. The molecule has 0 radical (unpaired) electrons. The van der Waals surface area contributed by atoms with Crippen LogP contribution in [0.2, 0.25) is 0 Å². The number of aryl methyl sites for hydroxylation is 1. The summed E-state index contributed by atoms with van der Waals surface area (Å²) in [5.74, 6) is 1.56. The first-order valence-electron chi connectivity index (χ1n) is 9.36. The van der Waals surface area contributed by atoms with Crippen LogP contribution in [-0.2, 0) is 13.0 Å². The van der Waals surface area contributed by atoms with Crippen molar-refractivity contribution in [3.8, 4) is 11.3 Å². The number of nitrogens with one attached hydrogen (secondary N) is 1. The van der Waals surface area contributed by atoms with E-state index in [0.29, 0.717) is 17.8 Å². The summed E-state index contributed by atoms with van der Waals surface area (Å²) < 4.78 is 5.45. The molecular weight excluding hydrogens is 352 g/mol. The van der Waals surface area contributed by atoms with Crippen molar-refractivity contribution in [2.24, 2.45) is 0 Å². The lowest BCUT2D eigenvalue weighted by Crippen LogP contribution is -2.23. The topological polar surface area (TPSA) is 75.0 Å². The molecule has 2 heterocycles. The van der Waals surface area contributed by atoms with Gasteiger partial charge in [-0.2, -0.15) is 0 Å². The molecular formula is C22H22N4O2. The quantitative estimate of drug-likeness (QED) is 0.534. The molecule has 0 aliphatic heterocycles. The van der Waals surface area contributed by atoms with Crippen molar-refractivity contribution >= 4 is 10.9 Å². The number of H-pyrrole nitrogens is 1. The zero-order valence-electron chi connectivity index (χ0n) is 15.8. The summed E-state index contributed by atoms with van der Waals surface area (Å²) in [7, 11) is 2.02. The fourth-order valence-corrected chi connectivity index (χ4v) is 3.24. The van der Waals surface area contributed by atoms with Gasteiger partial charge in [0.25, 0.3) is 5.56 Å². The molecule has 0 amide bonds. The molecule has 0 bridgehead atoms. The first-order valence-corrected chi connectivity index (χ1v) is 9.36. The van der Waals surface area contributed by atoms with Gasteiger partial charge in [0.05, 0.1) is 17.4 Å². The van der Waals surface area contributed by atoms with Crippen molar-refractivity contribution in [3.63, 3.8) is 0 Å². The fourth-order valence-electron chi connectivity index (χ4n) is 3.24. The Morgan fingerprint density at radius 1 is 1.07 bits per heavy atom. The fraction of sp³-hybridized carbons (Fsp3) is 0.227. The second-order valence-corrected chi connectivity index (χ2v) is 6.92. The van der Waals surface area contributed by atoms with Crippen LogP contribution in [0, 0.1) is 0 Å². The molecule has 2 aromatic heterocycles. The molecule has 28 heavy (non-hydrogen) atoms. The van der Waals surface area contributed by atoms with Gasteiger partial charge in [-0.1, -0.05) is 47.6 Å². The van der Waals surface area contributed by atoms with Gasteiger partial charge in [0.2, 0.25) is 0 Å². The van der Waals surface area contributed by atoms with E-state index >= 15 is 0 Å². The van der Waals surface area contributed by atoms with Gasteiger partial charge in [-0.05, 0) is 32.1 Å². The Labute approximate surface area is 162 Å². The van der Waals surface area contributed by atoms with Crippen LogP contribution in [0.1, 0.15) is 18.0 Å². The maximum atomic E-state index is 12.2. The Morgan fingerprint density at radius 3 is 2.71 bits per heavy atom. The van der Waals surface area contributed by atoms with Crippen LogP contribution in [0.15, 0.2) is 70.0 Å². The third-order valence-corrected chi connectivity index (χ3v) is 4.67. The highest BCUT2D eigenvalue weighted by Gasteiger charge is 2.09. The lowest BCUT2D eigenvalue weighted by molar-refractivity contribution is 0.305. The van der Waals surface area contributed by atoms with Crippen LogP contribution >= 0.6 is 0 Å². The number of aromatic nitrogens is 3. The van der Waals surface area contributed by atoms with E-state index in [9.17, 15) is 4.79 Å². The molecule has 142 valence electrons. The maximum Gasteiger partial charge on any atom is 0.258 e. The van der Waals surface area contributed by atoms with Crippen molar-refractivity contribution in [3.05, 3.63) is 82.6 Å². The van der Waals surface area contributed by atoms with Crippen molar-refractivity contribution < 1.29 is 4.52 Å². The summed E-state index contributed by atoms with van der Waals surface area (Å²) in [4.78, 5) is 21.7. The van der Waals surface area contributed by atoms with Gasteiger partial charge in [0.15, 0.2) is 0 Å². The molecule has 6 nitrogen and oxygen atoms in total. The Balaban J connectivity index is 1.32. The first-order chi connectivity index (χ1) is 13.7. The number of fused-ring (bicyclic) bond motifs is 1. The second kappa shape index (κ2) is 8.19. The molecule has 0 aliphatic rings. The number of aromatic amines is 1.